The van der Waals surface area contributed by atoms with Crippen LogP contribution in [0, 0.1) is 0 Å². The zero-order valence-electron chi connectivity index (χ0n) is 11.4. The van der Waals surface area contributed by atoms with Crippen LogP contribution >= 0.6 is 23.1 Å². The van der Waals surface area contributed by atoms with Gasteiger partial charge in [-0.3, -0.25) is 0 Å². The van der Waals surface area contributed by atoms with Crippen molar-refractivity contribution < 1.29 is 8.42 Å². The molecular weight excluding hydrogens is 300 g/mol. The van der Waals surface area contributed by atoms with Crippen molar-refractivity contribution >= 4 is 33.1 Å². The van der Waals surface area contributed by atoms with Crippen LogP contribution in [0.5, 0.6) is 0 Å². The van der Waals surface area contributed by atoms with Crippen LogP contribution in [-0.2, 0) is 16.6 Å². The molecule has 0 radical (unpaired) electrons. The third-order valence-electron chi connectivity index (χ3n) is 2.60. The maximum absolute atomic E-state index is 12.2. The van der Waals surface area contributed by atoms with E-state index in [0.717, 1.165) is 30.0 Å². The quantitative estimate of drug-likeness (QED) is 0.649. The average Bonchev–Trinajstić information content (AvgIpc) is 2.85. The third kappa shape index (κ3) is 5.83. The normalized spacial score (nSPS) is 11.9. The summed E-state index contributed by atoms with van der Waals surface area (Å²) in [6.45, 7) is 3.96. The first-order valence-electron chi connectivity index (χ1n) is 6.37. The average molecular weight is 323 g/mol. The Hall–Kier alpha value is -0.0800. The van der Waals surface area contributed by atoms with Crippen LogP contribution < -0.4 is 10.0 Å². The number of nitrogens with one attached hydrogen (secondary N) is 2. The molecule has 0 aliphatic heterocycles. The zero-order valence-corrected chi connectivity index (χ0v) is 13.9. The molecular formula is C12H22N2O2S3. The Morgan fingerprint density at radius 1 is 1.37 bits per heavy atom. The summed E-state index contributed by atoms with van der Waals surface area (Å²) < 4.78 is 27.0. The van der Waals surface area contributed by atoms with Crippen LogP contribution in [0.3, 0.4) is 0 Å². The lowest BCUT2D eigenvalue weighted by atomic mass is 10.3. The van der Waals surface area contributed by atoms with Gasteiger partial charge in [-0.1, -0.05) is 6.92 Å². The van der Waals surface area contributed by atoms with Gasteiger partial charge in [-0.05, 0) is 42.8 Å². The lowest BCUT2D eigenvalue weighted by molar-refractivity contribution is 0.577. The molecule has 19 heavy (non-hydrogen) atoms. The minimum absolute atomic E-state index is 0.420. The van der Waals surface area contributed by atoms with Gasteiger partial charge in [0.2, 0.25) is 10.0 Å². The largest absolute Gasteiger partial charge is 0.312 e. The van der Waals surface area contributed by atoms with E-state index in [-0.39, 0.29) is 0 Å². The van der Waals surface area contributed by atoms with E-state index in [1.165, 1.54) is 11.3 Å². The van der Waals surface area contributed by atoms with Crippen LogP contribution in [0.4, 0.5) is 0 Å². The fraction of sp³-hybridized carbons (Fsp3) is 0.667. The van der Waals surface area contributed by atoms with Crippen LogP contribution in [-0.4, -0.2) is 33.5 Å². The number of unbranched alkanes of at least 4 members (excludes halogenated alkanes) is 1. The van der Waals surface area contributed by atoms with Crippen molar-refractivity contribution in [3.05, 3.63) is 16.3 Å². The van der Waals surface area contributed by atoms with Gasteiger partial charge in [-0.15, -0.1) is 11.3 Å². The molecule has 0 aliphatic rings. The Labute approximate surface area is 124 Å². The van der Waals surface area contributed by atoms with E-state index < -0.39 is 10.0 Å². The fourth-order valence-corrected chi connectivity index (χ4v) is 4.57. The van der Waals surface area contributed by atoms with E-state index in [9.17, 15) is 8.42 Å². The molecule has 1 heterocycles. The summed E-state index contributed by atoms with van der Waals surface area (Å²) in [5.41, 5.74) is 0. The summed E-state index contributed by atoms with van der Waals surface area (Å²) in [6, 6.07) is 1.68. The zero-order chi connectivity index (χ0) is 14.1. The van der Waals surface area contributed by atoms with E-state index >= 15 is 0 Å². The number of hydrogen-bond donors (Lipinski definition) is 2. The molecule has 0 spiro atoms. The minimum Gasteiger partial charge on any atom is -0.312 e. The standard InChI is InChI=1S/C12H22N2O2S3/c1-3-13-10-11-12(6-9-18-11)19(15,16)14-7-4-5-8-17-2/h6,9,13-14H,3-5,7-8,10H2,1-2H3. The first-order valence-corrected chi connectivity index (χ1v) is 10.1. The molecule has 1 rings (SSSR count). The third-order valence-corrected chi connectivity index (χ3v) is 5.89. The van der Waals surface area contributed by atoms with Crippen molar-refractivity contribution in [3.63, 3.8) is 0 Å². The molecule has 0 saturated heterocycles. The van der Waals surface area contributed by atoms with Crippen molar-refractivity contribution in [2.45, 2.75) is 31.2 Å². The number of rotatable bonds is 10. The van der Waals surface area contributed by atoms with Gasteiger partial charge < -0.3 is 5.32 Å². The summed E-state index contributed by atoms with van der Waals surface area (Å²) in [7, 11) is -3.35. The minimum atomic E-state index is -3.35. The molecule has 0 aromatic carbocycles. The molecule has 0 saturated carbocycles. The van der Waals surface area contributed by atoms with Crippen molar-refractivity contribution in [2.75, 3.05) is 25.1 Å². The Balaban J connectivity index is 2.54. The first-order chi connectivity index (χ1) is 9.11. The van der Waals surface area contributed by atoms with Gasteiger partial charge in [0.25, 0.3) is 0 Å². The Morgan fingerprint density at radius 2 is 2.16 bits per heavy atom. The van der Waals surface area contributed by atoms with E-state index in [0.29, 0.717) is 18.0 Å². The SMILES string of the molecule is CCNCc1sccc1S(=O)(=O)NCCCCSC. The Kier molecular flexibility index (Phi) is 8.01. The lowest BCUT2D eigenvalue weighted by Gasteiger charge is -2.08. The lowest BCUT2D eigenvalue weighted by Crippen LogP contribution is -2.26. The highest BCUT2D eigenvalue weighted by atomic mass is 32.2. The summed E-state index contributed by atoms with van der Waals surface area (Å²) in [5, 5.41) is 4.99. The molecule has 4 nitrogen and oxygen atoms in total. The van der Waals surface area contributed by atoms with Gasteiger partial charge >= 0.3 is 0 Å². The molecule has 7 heteroatoms. The second-order valence-corrected chi connectivity index (χ2v) is 7.81. The maximum atomic E-state index is 12.2. The molecule has 110 valence electrons. The fourth-order valence-electron chi connectivity index (χ4n) is 1.59. The highest BCUT2D eigenvalue weighted by Crippen LogP contribution is 2.21. The van der Waals surface area contributed by atoms with E-state index in [4.69, 9.17) is 0 Å². The second-order valence-electron chi connectivity index (χ2n) is 4.09. The molecule has 0 aliphatic carbocycles. The van der Waals surface area contributed by atoms with Gasteiger partial charge in [-0.2, -0.15) is 11.8 Å². The molecule has 0 bridgehead atoms. The molecule has 1 aromatic rings. The van der Waals surface area contributed by atoms with Crippen molar-refractivity contribution in [2.24, 2.45) is 0 Å². The summed E-state index contributed by atoms with van der Waals surface area (Å²) in [6.07, 6.45) is 3.98. The number of sulfonamides is 1. The predicted molar refractivity (Wildman–Crippen MR) is 84.5 cm³/mol. The van der Waals surface area contributed by atoms with Crippen LogP contribution in [0.15, 0.2) is 16.3 Å². The molecule has 0 fully saturated rings. The molecule has 2 N–H and O–H groups in total. The number of thioether (sulfide) groups is 1. The van der Waals surface area contributed by atoms with Crippen LogP contribution in [0.1, 0.15) is 24.6 Å². The van der Waals surface area contributed by atoms with Gasteiger partial charge in [0.15, 0.2) is 0 Å². The van der Waals surface area contributed by atoms with E-state index in [2.05, 4.69) is 16.3 Å². The number of thiophene rings is 1. The highest BCUT2D eigenvalue weighted by molar-refractivity contribution is 7.98. The molecule has 0 atom stereocenters. The topological polar surface area (TPSA) is 58.2 Å². The first kappa shape index (κ1) is 17.0. The van der Waals surface area contributed by atoms with E-state index in [1.807, 2.05) is 12.3 Å². The molecule has 0 amide bonds. The van der Waals surface area contributed by atoms with Crippen LogP contribution in [0.2, 0.25) is 0 Å². The smallest absolute Gasteiger partial charge is 0.241 e. The van der Waals surface area contributed by atoms with Gasteiger partial charge in [0.05, 0.1) is 4.90 Å². The summed E-state index contributed by atoms with van der Waals surface area (Å²) >= 11 is 3.26. The Morgan fingerprint density at radius 3 is 2.84 bits per heavy atom. The van der Waals surface area contributed by atoms with Crippen molar-refractivity contribution in [1.82, 2.24) is 10.0 Å². The molecule has 1 aromatic heterocycles. The predicted octanol–water partition coefficient (Wildman–Crippen LogP) is 2.28. The van der Waals surface area contributed by atoms with Crippen molar-refractivity contribution in [1.29, 1.82) is 0 Å². The highest BCUT2D eigenvalue weighted by Gasteiger charge is 2.18. The Bertz CT molecular complexity index is 457. The summed E-state index contributed by atoms with van der Waals surface area (Å²) in [4.78, 5) is 1.29. The monoisotopic (exact) mass is 322 g/mol. The number of hydrogen-bond acceptors (Lipinski definition) is 5. The van der Waals surface area contributed by atoms with Gasteiger partial charge in [0.1, 0.15) is 0 Å². The van der Waals surface area contributed by atoms with E-state index in [1.54, 1.807) is 17.8 Å². The van der Waals surface area contributed by atoms with Crippen LogP contribution in [0.25, 0.3) is 0 Å². The van der Waals surface area contributed by atoms with Gasteiger partial charge in [0, 0.05) is 18.0 Å². The molecule has 0 unspecified atom stereocenters. The summed E-state index contributed by atoms with van der Waals surface area (Å²) in [5.74, 6) is 1.08. The maximum Gasteiger partial charge on any atom is 0.241 e. The van der Waals surface area contributed by atoms with Crippen molar-refractivity contribution in [3.8, 4) is 0 Å². The second kappa shape index (κ2) is 8.97. The van der Waals surface area contributed by atoms with Gasteiger partial charge in [-0.25, -0.2) is 13.1 Å².